The lowest BCUT2D eigenvalue weighted by molar-refractivity contribution is -0.130. The Labute approximate surface area is 153 Å². The van der Waals surface area contributed by atoms with Gasteiger partial charge in [0.25, 0.3) is 0 Å². The van der Waals surface area contributed by atoms with E-state index in [4.69, 9.17) is 4.74 Å². The van der Waals surface area contributed by atoms with Crippen LogP contribution < -0.4 is 5.32 Å². The minimum atomic E-state index is 0.0213. The Morgan fingerprint density at radius 2 is 1.88 bits per heavy atom. The van der Waals surface area contributed by atoms with Crippen molar-refractivity contribution >= 4 is 22.9 Å². The Morgan fingerprint density at radius 1 is 1.15 bits per heavy atom. The standard InChI is InChI=1S/C20H24N4O2/c1-23(12-13-26-2)19(25)15-24-18-11-7-6-10-17(18)22-20(24)21-14-16-8-4-3-5-9-16/h3-11H,12-15H2,1-2H3,(H,21,22). The van der Waals surface area contributed by atoms with Crippen LogP contribution in [0.2, 0.25) is 0 Å². The molecular formula is C20H24N4O2. The third-order valence-electron chi connectivity index (χ3n) is 4.30. The molecule has 0 saturated heterocycles. The van der Waals surface area contributed by atoms with Gasteiger partial charge in [0, 0.05) is 27.2 Å². The molecule has 0 aliphatic rings. The van der Waals surface area contributed by atoms with Gasteiger partial charge in [-0.3, -0.25) is 4.79 Å². The van der Waals surface area contributed by atoms with E-state index < -0.39 is 0 Å². The average molecular weight is 352 g/mol. The summed E-state index contributed by atoms with van der Waals surface area (Å²) >= 11 is 0. The topological polar surface area (TPSA) is 59.4 Å². The minimum Gasteiger partial charge on any atom is -0.383 e. The second kappa shape index (κ2) is 8.49. The number of amides is 1. The fraction of sp³-hybridized carbons (Fsp3) is 0.300. The quantitative estimate of drug-likeness (QED) is 0.677. The summed E-state index contributed by atoms with van der Waals surface area (Å²) in [4.78, 5) is 18.9. The van der Waals surface area contributed by atoms with Gasteiger partial charge in [-0.25, -0.2) is 4.98 Å². The minimum absolute atomic E-state index is 0.0213. The highest BCUT2D eigenvalue weighted by Crippen LogP contribution is 2.20. The van der Waals surface area contributed by atoms with Crippen LogP contribution in [-0.4, -0.2) is 47.7 Å². The Morgan fingerprint density at radius 3 is 2.65 bits per heavy atom. The number of rotatable bonds is 8. The molecule has 0 aliphatic carbocycles. The Bertz CT molecular complexity index is 861. The smallest absolute Gasteiger partial charge is 0.242 e. The van der Waals surface area contributed by atoms with Gasteiger partial charge in [0.2, 0.25) is 11.9 Å². The number of nitrogens with zero attached hydrogens (tertiary/aromatic N) is 3. The van der Waals surface area contributed by atoms with E-state index in [1.165, 1.54) is 0 Å². The van der Waals surface area contributed by atoms with Crippen molar-refractivity contribution in [2.45, 2.75) is 13.1 Å². The molecule has 0 saturated carbocycles. The number of nitrogens with one attached hydrogen (secondary N) is 1. The number of methoxy groups -OCH3 is 1. The zero-order valence-corrected chi connectivity index (χ0v) is 15.2. The van der Waals surface area contributed by atoms with Crippen LogP contribution in [0.1, 0.15) is 5.56 Å². The Hall–Kier alpha value is -2.86. The molecule has 0 bridgehead atoms. The number of imidazole rings is 1. The number of carbonyl (C=O) groups excluding carboxylic acids is 1. The number of fused-ring (bicyclic) bond motifs is 1. The zero-order valence-electron chi connectivity index (χ0n) is 15.2. The van der Waals surface area contributed by atoms with E-state index in [9.17, 15) is 4.79 Å². The molecule has 6 heteroatoms. The largest absolute Gasteiger partial charge is 0.383 e. The van der Waals surface area contributed by atoms with Crippen LogP contribution in [0.25, 0.3) is 11.0 Å². The van der Waals surface area contributed by atoms with Gasteiger partial charge in [-0.1, -0.05) is 42.5 Å². The molecule has 0 atom stereocenters. The molecule has 2 aromatic carbocycles. The monoisotopic (exact) mass is 352 g/mol. The molecule has 26 heavy (non-hydrogen) atoms. The fourth-order valence-corrected chi connectivity index (χ4v) is 2.76. The Kier molecular flexibility index (Phi) is 5.86. The molecule has 0 radical (unpaired) electrons. The lowest BCUT2D eigenvalue weighted by Crippen LogP contribution is -2.33. The summed E-state index contributed by atoms with van der Waals surface area (Å²) in [6.45, 7) is 1.97. The van der Waals surface area contributed by atoms with E-state index >= 15 is 0 Å². The summed E-state index contributed by atoms with van der Waals surface area (Å²) in [5.74, 6) is 0.719. The molecule has 0 fully saturated rings. The first-order valence-electron chi connectivity index (χ1n) is 8.65. The highest BCUT2D eigenvalue weighted by atomic mass is 16.5. The summed E-state index contributed by atoms with van der Waals surface area (Å²) < 4.78 is 6.99. The van der Waals surface area contributed by atoms with Crippen molar-refractivity contribution in [3.63, 3.8) is 0 Å². The van der Waals surface area contributed by atoms with Crippen molar-refractivity contribution in [1.82, 2.24) is 14.5 Å². The first kappa shape index (κ1) is 17.9. The van der Waals surface area contributed by atoms with E-state index in [2.05, 4.69) is 22.4 Å². The number of hydrogen-bond donors (Lipinski definition) is 1. The van der Waals surface area contributed by atoms with Crippen LogP contribution >= 0.6 is 0 Å². The SMILES string of the molecule is COCCN(C)C(=O)Cn1c(NCc2ccccc2)nc2ccccc21. The third-order valence-corrected chi connectivity index (χ3v) is 4.30. The van der Waals surface area contributed by atoms with Crippen molar-refractivity contribution in [3.05, 3.63) is 60.2 Å². The summed E-state index contributed by atoms with van der Waals surface area (Å²) in [6, 6.07) is 18.0. The van der Waals surface area contributed by atoms with Gasteiger partial charge >= 0.3 is 0 Å². The second-order valence-corrected chi connectivity index (χ2v) is 6.16. The van der Waals surface area contributed by atoms with Crippen molar-refractivity contribution < 1.29 is 9.53 Å². The summed E-state index contributed by atoms with van der Waals surface area (Å²) in [7, 11) is 3.42. The van der Waals surface area contributed by atoms with Gasteiger partial charge in [-0.15, -0.1) is 0 Å². The lowest BCUT2D eigenvalue weighted by Gasteiger charge is -2.18. The van der Waals surface area contributed by atoms with Crippen molar-refractivity contribution in [2.24, 2.45) is 0 Å². The average Bonchev–Trinajstić information content (AvgIpc) is 3.02. The first-order valence-corrected chi connectivity index (χ1v) is 8.65. The van der Waals surface area contributed by atoms with E-state index in [0.29, 0.717) is 25.6 Å². The van der Waals surface area contributed by atoms with Crippen LogP contribution in [0.4, 0.5) is 5.95 Å². The zero-order chi connectivity index (χ0) is 18.4. The van der Waals surface area contributed by atoms with Gasteiger partial charge in [0.05, 0.1) is 17.6 Å². The van der Waals surface area contributed by atoms with Crippen LogP contribution in [0.15, 0.2) is 54.6 Å². The molecule has 1 N–H and O–H groups in total. The van der Waals surface area contributed by atoms with Crippen molar-refractivity contribution in [2.75, 3.05) is 32.6 Å². The molecule has 3 rings (SSSR count). The summed E-state index contributed by atoms with van der Waals surface area (Å²) in [5, 5.41) is 3.36. The molecular weight excluding hydrogens is 328 g/mol. The lowest BCUT2D eigenvalue weighted by atomic mass is 10.2. The number of aromatic nitrogens is 2. The molecule has 0 aliphatic heterocycles. The maximum absolute atomic E-state index is 12.6. The highest BCUT2D eigenvalue weighted by Gasteiger charge is 2.16. The van der Waals surface area contributed by atoms with E-state index in [-0.39, 0.29) is 12.5 Å². The van der Waals surface area contributed by atoms with Gasteiger partial charge in [-0.05, 0) is 17.7 Å². The van der Waals surface area contributed by atoms with E-state index in [0.717, 1.165) is 16.6 Å². The number of likely N-dealkylation sites (N-methyl/N-ethyl adjacent to an activating group) is 1. The van der Waals surface area contributed by atoms with Gasteiger partial charge in [-0.2, -0.15) is 0 Å². The molecule has 1 amide bonds. The summed E-state index contributed by atoms with van der Waals surface area (Å²) in [5.41, 5.74) is 2.97. The number of carbonyl (C=O) groups is 1. The highest BCUT2D eigenvalue weighted by molar-refractivity contribution is 5.83. The van der Waals surface area contributed by atoms with Crippen LogP contribution in [0, 0.1) is 0 Å². The van der Waals surface area contributed by atoms with Crippen LogP contribution in [0.3, 0.4) is 0 Å². The van der Waals surface area contributed by atoms with E-state index in [1.54, 1.807) is 19.1 Å². The molecule has 6 nitrogen and oxygen atoms in total. The number of benzene rings is 2. The molecule has 3 aromatic rings. The van der Waals surface area contributed by atoms with Gasteiger partial charge < -0.3 is 19.5 Å². The van der Waals surface area contributed by atoms with Gasteiger partial charge in [0.1, 0.15) is 6.54 Å². The molecule has 1 aromatic heterocycles. The second-order valence-electron chi connectivity index (χ2n) is 6.16. The summed E-state index contributed by atoms with van der Waals surface area (Å²) in [6.07, 6.45) is 0. The molecule has 136 valence electrons. The number of para-hydroxylation sites is 2. The van der Waals surface area contributed by atoms with Crippen molar-refractivity contribution in [3.8, 4) is 0 Å². The van der Waals surface area contributed by atoms with Crippen LogP contribution in [-0.2, 0) is 22.6 Å². The third kappa shape index (κ3) is 4.21. The predicted molar refractivity (Wildman–Crippen MR) is 103 cm³/mol. The Balaban J connectivity index is 1.81. The predicted octanol–water partition coefficient (Wildman–Crippen LogP) is 2.75. The number of hydrogen-bond acceptors (Lipinski definition) is 4. The molecule has 1 heterocycles. The van der Waals surface area contributed by atoms with Gasteiger partial charge in [0.15, 0.2) is 0 Å². The number of ether oxygens (including phenoxy) is 1. The maximum atomic E-state index is 12.6. The molecule has 0 spiro atoms. The van der Waals surface area contributed by atoms with E-state index in [1.807, 2.05) is 47.0 Å². The van der Waals surface area contributed by atoms with Crippen molar-refractivity contribution in [1.29, 1.82) is 0 Å². The fourth-order valence-electron chi connectivity index (χ4n) is 2.76. The number of anilines is 1. The van der Waals surface area contributed by atoms with Crippen LogP contribution in [0.5, 0.6) is 0 Å². The maximum Gasteiger partial charge on any atom is 0.242 e. The molecule has 0 unspecified atom stereocenters. The first-order chi connectivity index (χ1) is 12.7. The normalized spacial score (nSPS) is 10.8.